The molecule has 3 heterocycles. The Balaban J connectivity index is 1.76. The summed E-state index contributed by atoms with van der Waals surface area (Å²) in [6.07, 6.45) is -2.71. The van der Waals surface area contributed by atoms with Gasteiger partial charge in [-0.15, -0.1) is 0 Å². The van der Waals surface area contributed by atoms with E-state index in [1.54, 1.807) is 30.3 Å². The van der Waals surface area contributed by atoms with Crippen LogP contribution >= 0.6 is 11.6 Å². The molecule has 0 aliphatic carbocycles. The molecule has 0 fully saturated rings. The quantitative estimate of drug-likeness (QED) is 0.632. The Labute approximate surface area is 151 Å². The zero-order chi connectivity index (χ0) is 18.5. The number of hydrogen-bond acceptors (Lipinski definition) is 2. The van der Waals surface area contributed by atoms with Gasteiger partial charge < -0.3 is 4.90 Å². The standard InChI is InChI=1S/C18H13ClF3N3O/c19-12-5-6-13-9-15(23-25(13)10-12)17(26)24-8-7-11-3-1-2-4-14(11)16(24)18(20,21)22/h1-6,9-10,16H,7-8H2. The van der Waals surface area contributed by atoms with Gasteiger partial charge in [0.15, 0.2) is 11.7 Å². The summed E-state index contributed by atoms with van der Waals surface area (Å²) < 4.78 is 42.7. The van der Waals surface area contributed by atoms with E-state index in [1.165, 1.54) is 22.8 Å². The Morgan fingerprint density at radius 3 is 2.73 bits per heavy atom. The van der Waals surface area contributed by atoms with E-state index in [1.807, 2.05) is 0 Å². The molecule has 1 aliphatic rings. The lowest BCUT2D eigenvalue weighted by atomic mass is 9.92. The number of rotatable bonds is 1. The van der Waals surface area contributed by atoms with Crippen molar-refractivity contribution in [2.75, 3.05) is 6.54 Å². The Morgan fingerprint density at radius 1 is 1.19 bits per heavy atom. The smallest absolute Gasteiger partial charge is 0.321 e. The van der Waals surface area contributed by atoms with Gasteiger partial charge in [-0.25, -0.2) is 4.52 Å². The zero-order valence-electron chi connectivity index (χ0n) is 13.4. The van der Waals surface area contributed by atoms with E-state index in [4.69, 9.17) is 11.6 Å². The second-order valence-electron chi connectivity index (χ2n) is 6.14. The van der Waals surface area contributed by atoms with Crippen molar-refractivity contribution in [1.82, 2.24) is 14.5 Å². The molecule has 26 heavy (non-hydrogen) atoms. The van der Waals surface area contributed by atoms with Gasteiger partial charge >= 0.3 is 6.18 Å². The van der Waals surface area contributed by atoms with Crippen LogP contribution in [0.15, 0.2) is 48.7 Å². The molecule has 4 nitrogen and oxygen atoms in total. The van der Waals surface area contributed by atoms with Crippen molar-refractivity contribution >= 4 is 23.0 Å². The third-order valence-corrected chi connectivity index (χ3v) is 4.72. The lowest BCUT2D eigenvalue weighted by molar-refractivity contribution is -0.181. The first-order chi connectivity index (χ1) is 12.3. The third-order valence-electron chi connectivity index (χ3n) is 4.50. The predicted molar refractivity (Wildman–Crippen MR) is 90.2 cm³/mol. The summed E-state index contributed by atoms with van der Waals surface area (Å²) in [5.74, 6) is -0.748. The maximum atomic E-state index is 13.8. The highest BCUT2D eigenvalue weighted by Crippen LogP contribution is 2.42. The minimum atomic E-state index is -4.57. The van der Waals surface area contributed by atoms with E-state index in [9.17, 15) is 18.0 Å². The molecular weight excluding hydrogens is 367 g/mol. The summed E-state index contributed by atoms with van der Waals surface area (Å²) in [6.45, 7) is -0.0192. The second-order valence-corrected chi connectivity index (χ2v) is 6.57. The molecular formula is C18H13ClF3N3O. The summed E-state index contributed by atoms with van der Waals surface area (Å²) in [6, 6.07) is 9.12. The first kappa shape index (κ1) is 16.9. The monoisotopic (exact) mass is 379 g/mol. The van der Waals surface area contributed by atoms with Crippen LogP contribution in [0.4, 0.5) is 13.2 Å². The Bertz CT molecular complexity index is 999. The van der Waals surface area contributed by atoms with Gasteiger partial charge in [-0.3, -0.25) is 4.79 Å². The maximum absolute atomic E-state index is 13.8. The summed E-state index contributed by atoms with van der Waals surface area (Å²) >= 11 is 5.89. The highest BCUT2D eigenvalue weighted by molar-refractivity contribution is 6.30. The molecule has 0 saturated heterocycles. The van der Waals surface area contributed by atoms with Crippen molar-refractivity contribution in [1.29, 1.82) is 0 Å². The van der Waals surface area contributed by atoms with Crippen LogP contribution in [0.3, 0.4) is 0 Å². The first-order valence-corrected chi connectivity index (χ1v) is 8.33. The number of carbonyl (C=O) groups is 1. The normalized spacial score (nSPS) is 17.4. The van der Waals surface area contributed by atoms with Crippen molar-refractivity contribution in [3.63, 3.8) is 0 Å². The van der Waals surface area contributed by atoms with Gasteiger partial charge in [-0.05, 0) is 35.7 Å². The maximum Gasteiger partial charge on any atom is 0.413 e. The van der Waals surface area contributed by atoms with E-state index >= 15 is 0 Å². The molecule has 8 heteroatoms. The fourth-order valence-corrected chi connectivity index (χ4v) is 3.51. The van der Waals surface area contributed by atoms with Gasteiger partial charge in [0.2, 0.25) is 0 Å². The molecule has 1 amide bonds. The van der Waals surface area contributed by atoms with Gasteiger partial charge in [0.25, 0.3) is 5.91 Å². The summed E-state index contributed by atoms with van der Waals surface area (Å²) in [5.41, 5.74) is 1.27. The molecule has 1 atom stereocenters. The number of fused-ring (bicyclic) bond motifs is 2. The Morgan fingerprint density at radius 2 is 1.96 bits per heavy atom. The van der Waals surface area contributed by atoms with Crippen molar-refractivity contribution in [2.24, 2.45) is 0 Å². The van der Waals surface area contributed by atoms with Crippen molar-refractivity contribution in [3.8, 4) is 0 Å². The topological polar surface area (TPSA) is 37.6 Å². The lowest BCUT2D eigenvalue weighted by Gasteiger charge is -2.37. The van der Waals surface area contributed by atoms with Gasteiger partial charge in [0, 0.05) is 12.7 Å². The van der Waals surface area contributed by atoms with Crippen LogP contribution in [0.25, 0.3) is 5.52 Å². The highest BCUT2D eigenvalue weighted by atomic mass is 35.5. The van der Waals surface area contributed by atoms with E-state index < -0.39 is 18.1 Å². The fourth-order valence-electron chi connectivity index (χ4n) is 3.35. The van der Waals surface area contributed by atoms with Crippen molar-refractivity contribution < 1.29 is 18.0 Å². The van der Waals surface area contributed by atoms with Crippen LogP contribution in [0.1, 0.15) is 27.7 Å². The summed E-state index contributed by atoms with van der Waals surface area (Å²) in [7, 11) is 0. The molecule has 0 N–H and O–H groups in total. The van der Waals surface area contributed by atoms with Crippen molar-refractivity contribution in [2.45, 2.75) is 18.6 Å². The average molecular weight is 380 g/mol. The number of hydrogen-bond donors (Lipinski definition) is 0. The number of carbonyl (C=O) groups excluding carboxylic acids is 1. The number of pyridine rings is 1. The molecule has 0 bridgehead atoms. The molecule has 1 aromatic carbocycles. The van der Waals surface area contributed by atoms with E-state index in [-0.39, 0.29) is 17.8 Å². The number of halogens is 4. The molecule has 4 rings (SSSR count). The molecule has 2 aromatic heterocycles. The molecule has 134 valence electrons. The lowest BCUT2D eigenvalue weighted by Crippen LogP contribution is -2.46. The predicted octanol–water partition coefficient (Wildman–Crippen LogP) is 4.29. The van der Waals surface area contributed by atoms with Crippen LogP contribution in [0.5, 0.6) is 0 Å². The minimum Gasteiger partial charge on any atom is -0.321 e. The Hall–Kier alpha value is -2.54. The molecule has 1 aliphatic heterocycles. The minimum absolute atomic E-state index is 0.0192. The van der Waals surface area contributed by atoms with Crippen LogP contribution in [0, 0.1) is 0 Å². The summed E-state index contributed by atoms with van der Waals surface area (Å²) in [4.78, 5) is 13.7. The Kier molecular flexibility index (Phi) is 3.91. The van der Waals surface area contributed by atoms with Crippen LogP contribution in [-0.2, 0) is 6.42 Å². The highest BCUT2D eigenvalue weighted by Gasteiger charge is 2.49. The van der Waals surface area contributed by atoms with Crippen LogP contribution in [0.2, 0.25) is 5.02 Å². The number of amides is 1. The SMILES string of the molecule is O=C(c1cc2ccc(Cl)cn2n1)N1CCc2ccccc2C1C(F)(F)F. The zero-order valence-corrected chi connectivity index (χ0v) is 14.1. The number of alkyl halides is 3. The average Bonchev–Trinajstić information content (AvgIpc) is 3.02. The largest absolute Gasteiger partial charge is 0.413 e. The molecule has 0 spiro atoms. The second kappa shape index (κ2) is 6.02. The van der Waals surface area contributed by atoms with E-state index in [2.05, 4.69) is 5.10 Å². The molecule has 0 saturated carbocycles. The first-order valence-electron chi connectivity index (χ1n) is 7.95. The van der Waals surface area contributed by atoms with E-state index in [0.29, 0.717) is 22.5 Å². The molecule has 3 aromatic rings. The molecule has 1 unspecified atom stereocenters. The molecule has 0 radical (unpaired) electrons. The number of aromatic nitrogens is 2. The fraction of sp³-hybridized carbons (Fsp3) is 0.222. The van der Waals surface area contributed by atoms with Crippen LogP contribution in [-0.4, -0.2) is 33.1 Å². The van der Waals surface area contributed by atoms with Crippen molar-refractivity contribution in [3.05, 3.63) is 70.5 Å². The van der Waals surface area contributed by atoms with E-state index in [0.717, 1.165) is 4.90 Å². The van der Waals surface area contributed by atoms with Gasteiger partial charge in [0.05, 0.1) is 10.5 Å². The van der Waals surface area contributed by atoms with Gasteiger partial charge in [-0.1, -0.05) is 35.9 Å². The third kappa shape index (κ3) is 2.82. The van der Waals surface area contributed by atoms with Crippen LogP contribution < -0.4 is 0 Å². The summed E-state index contributed by atoms with van der Waals surface area (Å²) in [5, 5.41) is 4.51. The number of nitrogens with zero attached hydrogens (tertiary/aromatic N) is 3. The number of benzene rings is 1. The van der Waals surface area contributed by atoms with Gasteiger partial charge in [0.1, 0.15) is 0 Å². The van der Waals surface area contributed by atoms with Gasteiger partial charge in [-0.2, -0.15) is 18.3 Å².